The van der Waals surface area contributed by atoms with Crippen molar-refractivity contribution >= 4 is 22.4 Å². The first-order valence-electron chi connectivity index (χ1n) is 5.52. The molecule has 1 aromatic heterocycles. The number of nitrogens with one attached hydrogen (secondary N) is 1. The molecule has 2 rings (SSSR count). The minimum absolute atomic E-state index is 0.0121. The Bertz CT molecular complexity index is 373. The second-order valence-electron chi connectivity index (χ2n) is 4.03. The van der Waals surface area contributed by atoms with Crippen molar-refractivity contribution < 1.29 is 4.79 Å². The fourth-order valence-electron chi connectivity index (χ4n) is 1.85. The predicted octanol–water partition coefficient (Wildman–Crippen LogP) is 1.27. The Balaban J connectivity index is 1.92. The molecule has 1 amide bonds. The van der Waals surface area contributed by atoms with E-state index in [1.165, 1.54) is 24.2 Å². The number of carbonyl (C=O) groups excluding carboxylic acids is 1. The normalized spacial score (nSPS) is 18.6. The second-order valence-corrected chi connectivity index (χ2v) is 5.22. The molecule has 0 radical (unpaired) electrons. The van der Waals surface area contributed by atoms with E-state index in [-0.39, 0.29) is 11.9 Å². The molecule has 88 valence electrons. The lowest BCUT2D eigenvalue weighted by Gasteiger charge is -2.21. The van der Waals surface area contributed by atoms with E-state index in [4.69, 9.17) is 0 Å². The lowest BCUT2D eigenvalue weighted by atomic mass is 10.3. The Morgan fingerprint density at radius 2 is 2.12 bits per heavy atom. The number of hydrogen-bond donors (Lipinski definition) is 1. The SMILES string of the molecule is Cc1nnc(NC(=O)[C@H](C)N2CCCC2)s1. The van der Waals surface area contributed by atoms with Crippen LogP contribution in [0.3, 0.4) is 0 Å². The van der Waals surface area contributed by atoms with Crippen LogP contribution in [-0.4, -0.2) is 40.1 Å². The van der Waals surface area contributed by atoms with E-state index >= 15 is 0 Å². The largest absolute Gasteiger partial charge is 0.299 e. The van der Waals surface area contributed by atoms with Gasteiger partial charge in [-0.3, -0.25) is 15.0 Å². The average Bonchev–Trinajstić information content (AvgIpc) is 2.88. The molecule has 1 aliphatic rings. The van der Waals surface area contributed by atoms with Gasteiger partial charge in [0.25, 0.3) is 0 Å². The van der Waals surface area contributed by atoms with Crippen LogP contribution in [0.15, 0.2) is 0 Å². The van der Waals surface area contributed by atoms with Crippen LogP contribution in [0.4, 0.5) is 5.13 Å². The summed E-state index contributed by atoms with van der Waals surface area (Å²) in [6.07, 6.45) is 2.38. The van der Waals surface area contributed by atoms with Gasteiger partial charge in [0, 0.05) is 0 Å². The lowest BCUT2D eigenvalue weighted by molar-refractivity contribution is -0.120. The summed E-state index contributed by atoms with van der Waals surface area (Å²) in [5.74, 6) is 0.0121. The number of hydrogen-bond acceptors (Lipinski definition) is 5. The number of aryl methyl sites for hydroxylation is 1. The first kappa shape index (κ1) is 11.5. The molecule has 2 heterocycles. The molecule has 1 aromatic rings. The van der Waals surface area contributed by atoms with Crippen LogP contribution in [0.25, 0.3) is 0 Å². The zero-order valence-electron chi connectivity index (χ0n) is 9.56. The summed E-state index contributed by atoms with van der Waals surface area (Å²) in [5, 5.41) is 12.0. The summed E-state index contributed by atoms with van der Waals surface area (Å²) in [7, 11) is 0. The highest BCUT2D eigenvalue weighted by molar-refractivity contribution is 7.15. The molecule has 1 saturated heterocycles. The molecule has 1 aliphatic heterocycles. The molecule has 6 heteroatoms. The van der Waals surface area contributed by atoms with E-state index in [9.17, 15) is 4.79 Å². The Kier molecular flexibility index (Phi) is 3.50. The maximum absolute atomic E-state index is 11.9. The third-order valence-corrected chi connectivity index (χ3v) is 3.58. The maximum atomic E-state index is 11.9. The molecule has 0 unspecified atom stereocenters. The highest BCUT2D eigenvalue weighted by Gasteiger charge is 2.24. The van der Waals surface area contributed by atoms with Gasteiger partial charge in [0.15, 0.2) is 0 Å². The molecular formula is C10H16N4OS. The Morgan fingerprint density at radius 3 is 2.69 bits per heavy atom. The molecule has 0 aliphatic carbocycles. The van der Waals surface area contributed by atoms with Crippen LogP contribution in [0.1, 0.15) is 24.8 Å². The van der Waals surface area contributed by atoms with Crippen molar-refractivity contribution in [2.45, 2.75) is 32.7 Å². The molecule has 0 saturated carbocycles. The number of likely N-dealkylation sites (tertiary alicyclic amines) is 1. The van der Waals surface area contributed by atoms with Crippen LogP contribution in [0.5, 0.6) is 0 Å². The van der Waals surface area contributed by atoms with Gasteiger partial charge in [0.1, 0.15) is 5.01 Å². The van der Waals surface area contributed by atoms with Gasteiger partial charge in [-0.1, -0.05) is 11.3 Å². The molecule has 16 heavy (non-hydrogen) atoms. The van der Waals surface area contributed by atoms with Gasteiger partial charge in [0.2, 0.25) is 11.0 Å². The number of nitrogens with zero attached hydrogens (tertiary/aromatic N) is 3. The van der Waals surface area contributed by atoms with Gasteiger partial charge in [-0.2, -0.15) is 0 Å². The van der Waals surface area contributed by atoms with E-state index < -0.39 is 0 Å². The van der Waals surface area contributed by atoms with E-state index in [1.807, 2.05) is 13.8 Å². The van der Waals surface area contributed by atoms with Crippen LogP contribution in [-0.2, 0) is 4.79 Å². The summed E-state index contributed by atoms with van der Waals surface area (Å²) >= 11 is 1.40. The van der Waals surface area contributed by atoms with Gasteiger partial charge in [-0.15, -0.1) is 10.2 Å². The second kappa shape index (κ2) is 4.88. The van der Waals surface area contributed by atoms with Crippen molar-refractivity contribution in [3.8, 4) is 0 Å². The van der Waals surface area contributed by atoms with Gasteiger partial charge in [-0.25, -0.2) is 0 Å². The Hall–Kier alpha value is -1.01. The number of aromatic nitrogens is 2. The number of carbonyl (C=O) groups is 1. The Morgan fingerprint density at radius 1 is 1.44 bits per heavy atom. The third-order valence-electron chi connectivity index (χ3n) is 2.82. The zero-order chi connectivity index (χ0) is 11.5. The van der Waals surface area contributed by atoms with Crippen molar-refractivity contribution in [1.82, 2.24) is 15.1 Å². The van der Waals surface area contributed by atoms with Gasteiger partial charge >= 0.3 is 0 Å². The summed E-state index contributed by atoms with van der Waals surface area (Å²) in [6, 6.07) is -0.0771. The van der Waals surface area contributed by atoms with E-state index in [0.29, 0.717) is 5.13 Å². The topological polar surface area (TPSA) is 58.1 Å². The predicted molar refractivity (Wildman–Crippen MR) is 63.5 cm³/mol. The van der Waals surface area contributed by atoms with Gasteiger partial charge < -0.3 is 0 Å². The first-order valence-corrected chi connectivity index (χ1v) is 6.33. The standard InChI is InChI=1S/C10H16N4OS/c1-7(14-5-3-4-6-14)9(15)11-10-13-12-8(2)16-10/h7H,3-6H2,1-2H3,(H,11,13,15)/t7-/m0/s1. The van der Waals surface area contributed by atoms with Crippen molar-refractivity contribution in [1.29, 1.82) is 0 Å². The van der Waals surface area contributed by atoms with Gasteiger partial charge in [-0.05, 0) is 39.8 Å². The number of anilines is 1. The van der Waals surface area contributed by atoms with Crippen molar-refractivity contribution in [3.63, 3.8) is 0 Å². The molecule has 0 spiro atoms. The maximum Gasteiger partial charge on any atom is 0.243 e. The molecule has 1 N–H and O–H groups in total. The van der Waals surface area contributed by atoms with Crippen LogP contribution in [0, 0.1) is 6.92 Å². The smallest absolute Gasteiger partial charge is 0.243 e. The quantitative estimate of drug-likeness (QED) is 0.864. The first-order chi connectivity index (χ1) is 7.66. The highest BCUT2D eigenvalue weighted by atomic mass is 32.1. The monoisotopic (exact) mass is 240 g/mol. The summed E-state index contributed by atoms with van der Waals surface area (Å²) in [4.78, 5) is 14.1. The van der Waals surface area contributed by atoms with Crippen LogP contribution in [0.2, 0.25) is 0 Å². The van der Waals surface area contributed by atoms with E-state index in [2.05, 4.69) is 20.4 Å². The van der Waals surface area contributed by atoms with Crippen molar-refractivity contribution in [2.75, 3.05) is 18.4 Å². The summed E-state index contributed by atoms with van der Waals surface area (Å²) in [5.41, 5.74) is 0. The zero-order valence-corrected chi connectivity index (χ0v) is 10.4. The third kappa shape index (κ3) is 2.56. The molecular weight excluding hydrogens is 224 g/mol. The average molecular weight is 240 g/mol. The fourth-order valence-corrected chi connectivity index (χ4v) is 2.45. The van der Waals surface area contributed by atoms with Crippen LogP contribution < -0.4 is 5.32 Å². The minimum Gasteiger partial charge on any atom is -0.299 e. The Labute approximate surface area is 98.9 Å². The minimum atomic E-state index is -0.0771. The van der Waals surface area contributed by atoms with Crippen molar-refractivity contribution in [3.05, 3.63) is 5.01 Å². The van der Waals surface area contributed by atoms with Crippen molar-refractivity contribution in [2.24, 2.45) is 0 Å². The molecule has 1 atom stereocenters. The molecule has 0 aromatic carbocycles. The van der Waals surface area contributed by atoms with Crippen LogP contribution >= 0.6 is 11.3 Å². The molecule has 5 nitrogen and oxygen atoms in total. The van der Waals surface area contributed by atoms with E-state index in [0.717, 1.165) is 18.1 Å². The summed E-state index contributed by atoms with van der Waals surface area (Å²) in [6.45, 7) is 5.85. The molecule has 1 fully saturated rings. The number of amides is 1. The summed E-state index contributed by atoms with van der Waals surface area (Å²) < 4.78 is 0. The van der Waals surface area contributed by atoms with Gasteiger partial charge in [0.05, 0.1) is 6.04 Å². The fraction of sp³-hybridized carbons (Fsp3) is 0.700. The molecule has 0 bridgehead atoms. The highest BCUT2D eigenvalue weighted by Crippen LogP contribution is 2.16. The van der Waals surface area contributed by atoms with E-state index in [1.54, 1.807) is 0 Å². The number of rotatable bonds is 3. The lowest BCUT2D eigenvalue weighted by Crippen LogP contribution is -2.40.